The van der Waals surface area contributed by atoms with Crippen molar-refractivity contribution in [3.05, 3.63) is 29.3 Å². The summed E-state index contributed by atoms with van der Waals surface area (Å²) in [7, 11) is 0. The molecule has 1 aliphatic heterocycles. The predicted octanol–water partition coefficient (Wildman–Crippen LogP) is 1.88. The highest BCUT2D eigenvalue weighted by atomic mass is 16.1. The number of nitrogen functional groups attached to an aromatic ring is 1. The third kappa shape index (κ3) is 4.19. The highest BCUT2D eigenvalue weighted by Gasteiger charge is 2.20. The topological polar surface area (TPSA) is 70.4 Å². The molecule has 0 bridgehead atoms. The smallest absolute Gasteiger partial charge is 0.251 e. The van der Waals surface area contributed by atoms with Gasteiger partial charge in [-0.05, 0) is 56.5 Å². The van der Waals surface area contributed by atoms with Crippen LogP contribution in [0.25, 0.3) is 0 Å². The minimum Gasteiger partial charge on any atom is -0.349 e. The van der Waals surface area contributed by atoms with Gasteiger partial charge in [0, 0.05) is 24.7 Å². The SMILES string of the molecule is CCCN1CCC(NC(=O)c2ccc(NN)c(C)c2)CC1. The molecule has 0 aromatic heterocycles. The number of nitrogens with zero attached hydrogens (tertiary/aromatic N) is 1. The molecule has 0 atom stereocenters. The third-order valence-corrected chi connectivity index (χ3v) is 4.11. The minimum absolute atomic E-state index is 0.00983. The molecule has 1 heterocycles. The first kappa shape index (κ1) is 15.8. The van der Waals surface area contributed by atoms with E-state index in [9.17, 15) is 4.79 Å². The summed E-state index contributed by atoms with van der Waals surface area (Å²) >= 11 is 0. The van der Waals surface area contributed by atoms with Gasteiger partial charge in [0.1, 0.15) is 0 Å². The number of piperidine rings is 1. The van der Waals surface area contributed by atoms with Crippen molar-refractivity contribution in [2.75, 3.05) is 25.1 Å². The Bertz CT molecular complexity index is 481. The molecule has 0 unspecified atom stereocenters. The summed E-state index contributed by atoms with van der Waals surface area (Å²) in [6.45, 7) is 7.46. The van der Waals surface area contributed by atoms with E-state index in [1.165, 1.54) is 6.42 Å². The first-order valence-electron chi connectivity index (χ1n) is 7.74. The number of carbonyl (C=O) groups is 1. The van der Waals surface area contributed by atoms with Crippen LogP contribution in [0.15, 0.2) is 18.2 Å². The molecule has 1 fully saturated rings. The molecule has 1 saturated heterocycles. The number of nitrogens with one attached hydrogen (secondary N) is 2. The number of aryl methyl sites for hydroxylation is 1. The Kier molecular flexibility index (Phi) is 5.59. The van der Waals surface area contributed by atoms with Crippen molar-refractivity contribution in [2.45, 2.75) is 39.2 Å². The van der Waals surface area contributed by atoms with Crippen molar-refractivity contribution >= 4 is 11.6 Å². The van der Waals surface area contributed by atoms with Crippen molar-refractivity contribution in [1.29, 1.82) is 0 Å². The fourth-order valence-electron chi connectivity index (χ4n) is 2.85. The molecule has 21 heavy (non-hydrogen) atoms. The fraction of sp³-hybridized carbons (Fsp3) is 0.562. The standard InChI is InChI=1S/C16H26N4O/c1-3-8-20-9-6-14(7-10-20)18-16(21)13-4-5-15(19-17)12(2)11-13/h4-5,11,14,19H,3,6-10,17H2,1-2H3,(H,18,21). The molecule has 0 aliphatic carbocycles. The van der Waals surface area contributed by atoms with Crippen LogP contribution < -0.4 is 16.6 Å². The second kappa shape index (κ2) is 7.43. The molecule has 4 N–H and O–H groups in total. The van der Waals surface area contributed by atoms with E-state index in [0.29, 0.717) is 11.6 Å². The quantitative estimate of drug-likeness (QED) is 0.572. The second-order valence-corrected chi connectivity index (χ2v) is 5.76. The number of carbonyl (C=O) groups excluding carboxylic acids is 1. The lowest BCUT2D eigenvalue weighted by Crippen LogP contribution is -2.44. The number of hydrazine groups is 1. The third-order valence-electron chi connectivity index (χ3n) is 4.11. The van der Waals surface area contributed by atoms with Crippen LogP contribution in [-0.2, 0) is 0 Å². The number of hydrogen-bond donors (Lipinski definition) is 3. The van der Waals surface area contributed by atoms with Crippen molar-refractivity contribution < 1.29 is 4.79 Å². The van der Waals surface area contributed by atoms with E-state index < -0.39 is 0 Å². The summed E-state index contributed by atoms with van der Waals surface area (Å²) in [5.74, 6) is 5.42. The van der Waals surface area contributed by atoms with Crippen molar-refractivity contribution in [2.24, 2.45) is 5.84 Å². The highest BCUT2D eigenvalue weighted by Crippen LogP contribution is 2.16. The first-order valence-corrected chi connectivity index (χ1v) is 7.74. The van der Waals surface area contributed by atoms with E-state index in [1.807, 2.05) is 25.1 Å². The van der Waals surface area contributed by atoms with Gasteiger partial charge in [0.05, 0.1) is 5.69 Å². The Balaban J connectivity index is 1.89. The van der Waals surface area contributed by atoms with Gasteiger partial charge in [0.15, 0.2) is 0 Å². The monoisotopic (exact) mass is 290 g/mol. The molecule has 0 saturated carbocycles. The van der Waals surface area contributed by atoms with Gasteiger partial charge in [-0.3, -0.25) is 10.6 Å². The van der Waals surface area contributed by atoms with Crippen LogP contribution in [0.3, 0.4) is 0 Å². The highest BCUT2D eigenvalue weighted by molar-refractivity contribution is 5.95. The Hall–Kier alpha value is -1.59. The van der Waals surface area contributed by atoms with Gasteiger partial charge in [0.2, 0.25) is 0 Å². The Labute approximate surface area is 126 Å². The summed E-state index contributed by atoms with van der Waals surface area (Å²) in [6.07, 6.45) is 3.26. The average molecular weight is 290 g/mol. The molecule has 5 nitrogen and oxygen atoms in total. The van der Waals surface area contributed by atoms with Crippen molar-refractivity contribution in [1.82, 2.24) is 10.2 Å². The molecule has 2 rings (SSSR count). The number of nitrogens with two attached hydrogens (primary N) is 1. The van der Waals surface area contributed by atoms with Gasteiger partial charge >= 0.3 is 0 Å². The predicted molar refractivity (Wildman–Crippen MR) is 86.2 cm³/mol. The maximum atomic E-state index is 12.3. The molecule has 116 valence electrons. The van der Waals surface area contributed by atoms with Crippen LogP contribution in [0, 0.1) is 6.92 Å². The Morgan fingerprint density at radius 2 is 2.10 bits per heavy atom. The normalized spacial score (nSPS) is 16.7. The molecule has 0 spiro atoms. The number of rotatable bonds is 5. The van der Waals surface area contributed by atoms with Gasteiger partial charge in [-0.25, -0.2) is 0 Å². The van der Waals surface area contributed by atoms with Crippen LogP contribution in [-0.4, -0.2) is 36.5 Å². The first-order chi connectivity index (χ1) is 10.1. The molecule has 1 aliphatic rings. The van der Waals surface area contributed by atoms with Crippen molar-refractivity contribution in [3.8, 4) is 0 Å². The summed E-state index contributed by atoms with van der Waals surface area (Å²) in [5.41, 5.74) is 5.14. The van der Waals surface area contributed by atoms with Crippen molar-refractivity contribution in [3.63, 3.8) is 0 Å². The maximum Gasteiger partial charge on any atom is 0.251 e. The summed E-state index contributed by atoms with van der Waals surface area (Å²) in [5, 5.41) is 3.15. The zero-order valence-electron chi connectivity index (χ0n) is 13.0. The molecule has 1 aromatic carbocycles. The Morgan fingerprint density at radius 1 is 1.38 bits per heavy atom. The van der Waals surface area contributed by atoms with Crippen LogP contribution in [0.4, 0.5) is 5.69 Å². The van der Waals surface area contributed by atoms with Crippen LogP contribution in [0.5, 0.6) is 0 Å². The maximum absolute atomic E-state index is 12.3. The van der Waals surface area contributed by atoms with E-state index in [0.717, 1.165) is 43.7 Å². The van der Waals surface area contributed by atoms with E-state index in [1.54, 1.807) is 0 Å². The molecule has 1 amide bonds. The van der Waals surface area contributed by atoms with Gasteiger partial charge in [-0.15, -0.1) is 0 Å². The number of hydrogen-bond acceptors (Lipinski definition) is 4. The average Bonchev–Trinajstić information content (AvgIpc) is 2.49. The van der Waals surface area contributed by atoms with Gasteiger partial charge in [-0.1, -0.05) is 6.92 Å². The van der Waals surface area contributed by atoms with E-state index >= 15 is 0 Å². The molecular formula is C16H26N4O. The lowest BCUT2D eigenvalue weighted by molar-refractivity contribution is 0.0911. The lowest BCUT2D eigenvalue weighted by Gasteiger charge is -2.32. The molecule has 5 heteroatoms. The lowest BCUT2D eigenvalue weighted by atomic mass is 10.0. The summed E-state index contributed by atoms with van der Waals surface area (Å²) in [6, 6.07) is 5.81. The number of likely N-dealkylation sites (tertiary alicyclic amines) is 1. The summed E-state index contributed by atoms with van der Waals surface area (Å²) < 4.78 is 0. The van der Waals surface area contributed by atoms with Crippen LogP contribution >= 0.6 is 0 Å². The van der Waals surface area contributed by atoms with Gasteiger partial charge < -0.3 is 15.6 Å². The zero-order valence-corrected chi connectivity index (χ0v) is 13.0. The fourth-order valence-corrected chi connectivity index (χ4v) is 2.85. The van der Waals surface area contributed by atoms with E-state index in [-0.39, 0.29) is 5.91 Å². The van der Waals surface area contributed by atoms with Gasteiger partial charge in [0.25, 0.3) is 5.91 Å². The van der Waals surface area contributed by atoms with Crippen LogP contribution in [0.2, 0.25) is 0 Å². The molecule has 0 radical (unpaired) electrons. The molecular weight excluding hydrogens is 264 g/mol. The van der Waals surface area contributed by atoms with Gasteiger partial charge in [-0.2, -0.15) is 0 Å². The van der Waals surface area contributed by atoms with Crippen LogP contribution in [0.1, 0.15) is 42.1 Å². The zero-order chi connectivity index (χ0) is 15.2. The molecule has 1 aromatic rings. The largest absolute Gasteiger partial charge is 0.349 e. The number of amides is 1. The number of anilines is 1. The summed E-state index contributed by atoms with van der Waals surface area (Å²) in [4.78, 5) is 14.8. The number of benzene rings is 1. The minimum atomic E-state index is 0.00983. The van der Waals surface area contributed by atoms with E-state index in [2.05, 4.69) is 22.6 Å². The second-order valence-electron chi connectivity index (χ2n) is 5.76. The Morgan fingerprint density at radius 3 is 2.67 bits per heavy atom. The van der Waals surface area contributed by atoms with E-state index in [4.69, 9.17) is 5.84 Å².